The topological polar surface area (TPSA) is 37.4 Å². The Labute approximate surface area is 146 Å². The lowest BCUT2D eigenvalue weighted by molar-refractivity contribution is -0.123. The predicted octanol–water partition coefficient (Wildman–Crippen LogP) is 3.59. The SMILES string of the molecule is Cc1ccc(C)c(N2C(=O)[C@@H]3[C@H]4C[C@@H]([C@H](Br)[C@H]4Br)[C@H]3C2=O)c1. The first-order valence-electron chi connectivity index (χ1n) is 7.65. The normalized spacial score (nSPS) is 39.7. The van der Waals surface area contributed by atoms with Crippen LogP contribution in [0.1, 0.15) is 17.5 Å². The van der Waals surface area contributed by atoms with Crippen molar-refractivity contribution in [3.63, 3.8) is 0 Å². The van der Waals surface area contributed by atoms with E-state index < -0.39 is 0 Å². The van der Waals surface area contributed by atoms with E-state index in [1.165, 1.54) is 4.90 Å². The van der Waals surface area contributed by atoms with Crippen molar-refractivity contribution in [1.29, 1.82) is 0 Å². The number of alkyl halides is 2. The summed E-state index contributed by atoms with van der Waals surface area (Å²) in [5, 5.41) is 0. The summed E-state index contributed by atoms with van der Waals surface area (Å²) in [5.74, 6) is 0.253. The van der Waals surface area contributed by atoms with Crippen LogP contribution in [0.3, 0.4) is 0 Å². The first-order valence-corrected chi connectivity index (χ1v) is 9.48. The molecular formula is C17H17Br2NO2. The lowest BCUT2D eigenvalue weighted by Gasteiger charge is -2.28. The fraction of sp³-hybridized carbons (Fsp3) is 0.529. The van der Waals surface area contributed by atoms with Crippen LogP contribution in [0.5, 0.6) is 0 Å². The quantitative estimate of drug-likeness (QED) is 0.508. The average molecular weight is 427 g/mol. The van der Waals surface area contributed by atoms with Gasteiger partial charge in [-0.2, -0.15) is 0 Å². The van der Waals surface area contributed by atoms with Crippen molar-refractivity contribution in [2.24, 2.45) is 23.7 Å². The number of fused-ring (bicyclic) bond motifs is 5. The van der Waals surface area contributed by atoms with E-state index in [-0.39, 0.29) is 45.1 Å². The van der Waals surface area contributed by atoms with Gasteiger partial charge in [-0.3, -0.25) is 9.59 Å². The summed E-state index contributed by atoms with van der Waals surface area (Å²) < 4.78 is 0. The van der Waals surface area contributed by atoms with Crippen molar-refractivity contribution in [3.05, 3.63) is 29.3 Å². The van der Waals surface area contributed by atoms with Gasteiger partial charge < -0.3 is 0 Å². The summed E-state index contributed by atoms with van der Waals surface area (Å²) in [5.41, 5.74) is 2.81. The highest BCUT2D eigenvalue weighted by molar-refractivity contribution is 9.12. The van der Waals surface area contributed by atoms with Gasteiger partial charge in [-0.1, -0.05) is 44.0 Å². The standard InChI is InChI=1S/C17H17Br2NO2/c1-7-3-4-8(2)11(5-7)20-16(21)12-9-6-10(13(12)17(20)22)15(19)14(9)18/h3-5,9-10,12-15H,6H2,1-2H3/t9-,10-,12-,13-,14+,15+/m1/s1. The number of nitrogens with zero attached hydrogens (tertiary/aromatic N) is 1. The lowest BCUT2D eigenvalue weighted by Crippen LogP contribution is -2.37. The first-order chi connectivity index (χ1) is 10.4. The van der Waals surface area contributed by atoms with Crippen LogP contribution in [0.15, 0.2) is 18.2 Å². The van der Waals surface area contributed by atoms with Crippen molar-refractivity contribution in [2.75, 3.05) is 4.90 Å². The van der Waals surface area contributed by atoms with Crippen molar-refractivity contribution < 1.29 is 9.59 Å². The van der Waals surface area contributed by atoms with Gasteiger partial charge in [-0.25, -0.2) is 4.90 Å². The number of carbonyl (C=O) groups excluding carboxylic acids is 2. The van der Waals surface area contributed by atoms with Gasteiger partial charge in [-0.05, 0) is 49.3 Å². The maximum Gasteiger partial charge on any atom is 0.238 e. The highest BCUT2D eigenvalue weighted by Gasteiger charge is 2.66. The van der Waals surface area contributed by atoms with Gasteiger partial charge in [0, 0.05) is 9.65 Å². The molecule has 5 heteroatoms. The fourth-order valence-corrected chi connectivity index (χ4v) is 6.42. The molecule has 0 N–H and O–H groups in total. The van der Waals surface area contributed by atoms with E-state index in [1.807, 2.05) is 32.0 Å². The molecule has 4 rings (SSSR count). The van der Waals surface area contributed by atoms with Crippen LogP contribution in [0.2, 0.25) is 0 Å². The second-order valence-electron chi connectivity index (χ2n) is 6.81. The predicted molar refractivity (Wildman–Crippen MR) is 92.4 cm³/mol. The zero-order valence-electron chi connectivity index (χ0n) is 12.4. The zero-order chi connectivity index (χ0) is 15.8. The number of hydrogen-bond acceptors (Lipinski definition) is 2. The van der Waals surface area contributed by atoms with E-state index in [0.29, 0.717) is 0 Å². The average Bonchev–Trinajstić information content (AvgIpc) is 3.07. The Morgan fingerprint density at radius 2 is 1.55 bits per heavy atom. The van der Waals surface area contributed by atoms with Crippen molar-refractivity contribution in [1.82, 2.24) is 0 Å². The monoisotopic (exact) mass is 425 g/mol. The van der Waals surface area contributed by atoms with Crippen molar-refractivity contribution in [2.45, 2.75) is 29.9 Å². The molecule has 1 heterocycles. The second-order valence-corrected chi connectivity index (χ2v) is 8.92. The van der Waals surface area contributed by atoms with E-state index in [2.05, 4.69) is 31.9 Å². The fourth-order valence-electron chi connectivity index (χ4n) is 4.55. The van der Waals surface area contributed by atoms with Crippen LogP contribution in [0.4, 0.5) is 5.69 Å². The smallest absolute Gasteiger partial charge is 0.238 e. The van der Waals surface area contributed by atoms with Crippen LogP contribution in [-0.2, 0) is 9.59 Å². The lowest BCUT2D eigenvalue weighted by atomic mass is 9.81. The maximum absolute atomic E-state index is 13.0. The summed E-state index contributed by atoms with van der Waals surface area (Å²) in [6.07, 6.45) is 0.972. The number of anilines is 1. The molecule has 1 aliphatic heterocycles. The third kappa shape index (κ3) is 1.78. The highest BCUT2D eigenvalue weighted by Crippen LogP contribution is 2.60. The Balaban J connectivity index is 1.77. The number of carbonyl (C=O) groups is 2. The van der Waals surface area contributed by atoms with E-state index >= 15 is 0 Å². The minimum absolute atomic E-state index is 0.0000463. The molecule has 3 fully saturated rings. The molecule has 0 unspecified atom stereocenters. The summed E-state index contributed by atoms with van der Waals surface area (Å²) in [6.45, 7) is 3.94. The molecule has 0 aromatic heterocycles. The van der Waals surface area contributed by atoms with E-state index in [1.54, 1.807) is 0 Å². The number of benzene rings is 1. The maximum atomic E-state index is 13.0. The van der Waals surface area contributed by atoms with Gasteiger partial charge in [-0.15, -0.1) is 0 Å². The summed E-state index contributed by atoms with van der Waals surface area (Å²) in [4.78, 5) is 28.0. The third-order valence-corrected chi connectivity index (χ3v) is 8.80. The number of halogens is 2. The summed E-state index contributed by atoms with van der Waals surface area (Å²) in [7, 11) is 0. The van der Waals surface area contributed by atoms with Crippen LogP contribution >= 0.6 is 31.9 Å². The van der Waals surface area contributed by atoms with Gasteiger partial charge in [0.25, 0.3) is 0 Å². The molecule has 3 aliphatic rings. The Kier molecular flexibility index (Phi) is 3.32. The van der Waals surface area contributed by atoms with Crippen LogP contribution < -0.4 is 4.90 Å². The molecule has 2 bridgehead atoms. The van der Waals surface area contributed by atoms with Crippen LogP contribution in [0, 0.1) is 37.5 Å². The molecule has 1 saturated heterocycles. The number of rotatable bonds is 1. The molecular weight excluding hydrogens is 410 g/mol. The zero-order valence-corrected chi connectivity index (χ0v) is 15.6. The van der Waals surface area contributed by atoms with Crippen molar-refractivity contribution >= 4 is 49.4 Å². The Hall–Kier alpha value is -0.680. The molecule has 0 radical (unpaired) electrons. The van der Waals surface area contributed by atoms with E-state index in [0.717, 1.165) is 23.2 Å². The van der Waals surface area contributed by atoms with Gasteiger partial charge in [0.15, 0.2) is 0 Å². The molecule has 6 atom stereocenters. The second kappa shape index (κ2) is 4.91. The minimum atomic E-state index is -0.143. The van der Waals surface area contributed by atoms with Gasteiger partial charge in [0.2, 0.25) is 11.8 Å². The molecule has 1 aromatic rings. The molecule has 1 aromatic carbocycles. The molecule has 0 spiro atoms. The number of hydrogen-bond donors (Lipinski definition) is 0. The molecule has 22 heavy (non-hydrogen) atoms. The van der Waals surface area contributed by atoms with Crippen LogP contribution in [0.25, 0.3) is 0 Å². The molecule has 2 aliphatic carbocycles. The molecule has 2 saturated carbocycles. The first kappa shape index (κ1) is 14.9. The Bertz CT molecular complexity index is 657. The molecule has 3 nitrogen and oxygen atoms in total. The number of amides is 2. The van der Waals surface area contributed by atoms with E-state index in [9.17, 15) is 9.59 Å². The number of imide groups is 1. The highest BCUT2D eigenvalue weighted by atomic mass is 79.9. The largest absolute Gasteiger partial charge is 0.274 e. The number of aryl methyl sites for hydroxylation is 2. The van der Waals surface area contributed by atoms with Gasteiger partial charge >= 0.3 is 0 Å². The molecule has 116 valence electrons. The molecule has 2 amide bonds. The summed E-state index contributed by atoms with van der Waals surface area (Å²) >= 11 is 7.44. The summed E-state index contributed by atoms with van der Waals surface area (Å²) in [6, 6.07) is 5.94. The third-order valence-electron chi connectivity index (χ3n) is 5.59. The Morgan fingerprint density at radius 1 is 1.00 bits per heavy atom. The van der Waals surface area contributed by atoms with Crippen LogP contribution in [-0.4, -0.2) is 21.5 Å². The van der Waals surface area contributed by atoms with Gasteiger partial charge in [0.05, 0.1) is 17.5 Å². The minimum Gasteiger partial charge on any atom is -0.274 e. The Morgan fingerprint density at radius 3 is 2.09 bits per heavy atom. The van der Waals surface area contributed by atoms with E-state index in [4.69, 9.17) is 0 Å². The van der Waals surface area contributed by atoms with Gasteiger partial charge in [0.1, 0.15) is 0 Å². The van der Waals surface area contributed by atoms with Crippen molar-refractivity contribution in [3.8, 4) is 0 Å².